The molecule has 88 valence electrons. The van der Waals surface area contributed by atoms with Gasteiger partial charge in [-0.05, 0) is 24.3 Å². The number of rotatable bonds is 3. The van der Waals surface area contributed by atoms with Gasteiger partial charge in [-0.15, -0.1) is 0 Å². The van der Waals surface area contributed by atoms with Crippen LogP contribution < -0.4 is 4.74 Å². The molecule has 0 radical (unpaired) electrons. The monoisotopic (exact) mass is 241 g/mol. The molecule has 0 spiro atoms. The average Bonchev–Trinajstić information content (AvgIpc) is 2.41. The van der Waals surface area contributed by atoms with Crippen molar-refractivity contribution in [3.8, 4) is 17.6 Å². The fourth-order valence-electron chi connectivity index (χ4n) is 1.45. The lowest BCUT2D eigenvalue weighted by molar-refractivity contribution is 0.112. The van der Waals surface area contributed by atoms with E-state index in [9.17, 15) is 9.18 Å². The van der Waals surface area contributed by atoms with Crippen LogP contribution in [0, 0.1) is 17.1 Å². The van der Waals surface area contributed by atoms with Crippen molar-refractivity contribution in [2.24, 2.45) is 0 Å². The molecule has 0 atom stereocenters. The lowest BCUT2D eigenvalue weighted by atomic mass is 10.2. The van der Waals surface area contributed by atoms with Crippen LogP contribution >= 0.6 is 0 Å². The fraction of sp³-hybridized carbons (Fsp3) is 0. The zero-order valence-electron chi connectivity index (χ0n) is 9.26. The molecule has 0 fully saturated rings. The van der Waals surface area contributed by atoms with Gasteiger partial charge in [-0.1, -0.05) is 12.1 Å². The Morgan fingerprint density at radius 2 is 2.00 bits per heavy atom. The molecule has 2 aromatic rings. The first-order valence-corrected chi connectivity index (χ1v) is 5.16. The number of hydrogen-bond donors (Lipinski definition) is 0. The summed E-state index contributed by atoms with van der Waals surface area (Å²) in [6.45, 7) is 0. The maximum Gasteiger partial charge on any atom is 0.153 e. The molecule has 0 unspecified atom stereocenters. The van der Waals surface area contributed by atoms with Gasteiger partial charge in [0.1, 0.15) is 23.4 Å². The van der Waals surface area contributed by atoms with Crippen LogP contribution in [-0.4, -0.2) is 6.29 Å². The highest BCUT2D eigenvalue weighted by Gasteiger charge is 2.06. The Morgan fingerprint density at radius 3 is 2.72 bits per heavy atom. The predicted octanol–water partition coefficient (Wildman–Crippen LogP) is 3.30. The molecule has 0 heterocycles. The van der Waals surface area contributed by atoms with Gasteiger partial charge in [-0.3, -0.25) is 4.79 Å². The molecule has 3 nitrogen and oxygen atoms in total. The number of hydrogen-bond acceptors (Lipinski definition) is 3. The highest BCUT2D eigenvalue weighted by Crippen LogP contribution is 2.25. The van der Waals surface area contributed by atoms with Crippen molar-refractivity contribution in [1.82, 2.24) is 0 Å². The molecule has 0 aromatic heterocycles. The van der Waals surface area contributed by atoms with Gasteiger partial charge in [0, 0.05) is 6.07 Å². The number of nitrogens with zero attached hydrogens (tertiary/aromatic N) is 1. The van der Waals surface area contributed by atoms with Gasteiger partial charge >= 0.3 is 0 Å². The Balaban J connectivity index is 2.35. The maximum atomic E-state index is 13.1. The second kappa shape index (κ2) is 5.11. The van der Waals surface area contributed by atoms with Crippen LogP contribution in [0.15, 0.2) is 42.5 Å². The van der Waals surface area contributed by atoms with Crippen LogP contribution in [0.25, 0.3) is 0 Å². The molecule has 2 rings (SSSR count). The first-order valence-electron chi connectivity index (χ1n) is 5.16. The van der Waals surface area contributed by atoms with E-state index in [1.807, 2.05) is 0 Å². The minimum atomic E-state index is -0.603. The minimum absolute atomic E-state index is 0.101. The second-order valence-electron chi connectivity index (χ2n) is 3.51. The minimum Gasteiger partial charge on any atom is -0.457 e. The number of carbonyl (C=O) groups is 1. The summed E-state index contributed by atoms with van der Waals surface area (Å²) < 4.78 is 18.6. The van der Waals surface area contributed by atoms with Crippen molar-refractivity contribution in [2.45, 2.75) is 0 Å². The summed E-state index contributed by atoms with van der Waals surface area (Å²) in [5, 5.41) is 8.71. The van der Waals surface area contributed by atoms with Crippen LogP contribution in [0.4, 0.5) is 4.39 Å². The summed E-state index contributed by atoms with van der Waals surface area (Å²) in [5.74, 6) is 0.0683. The third-order valence-electron chi connectivity index (χ3n) is 2.33. The number of benzene rings is 2. The quantitative estimate of drug-likeness (QED) is 0.774. The van der Waals surface area contributed by atoms with E-state index in [0.717, 1.165) is 6.07 Å². The highest BCUT2D eigenvalue weighted by atomic mass is 19.1. The molecule has 0 bridgehead atoms. The second-order valence-corrected chi connectivity index (χ2v) is 3.51. The van der Waals surface area contributed by atoms with Crippen LogP contribution in [0.1, 0.15) is 15.9 Å². The van der Waals surface area contributed by atoms with Crippen LogP contribution in [0.2, 0.25) is 0 Å². The first kappa shape index (κ1) is 11.8. The molecule has 0 aliphatic rings. The summed E-state index contributed by atoms with van der Waals surface area (Å²) in [7, 11) is 0. The largest absolute Gasteiger partial charge is 0.457 e. The van der Waals surface area contributed by atoms with Gasteiger partial charge in [-0.2, -0.15) is 5.26 Å². The van der Waals surface area contributed by atoms with E-state index < -0.39 is 5.82 Å². The topological polar surface area (TPSA) is 50.1 Å². The van der Waals surface area contributed by atoms with E-state index in [-0.39, 0.29) is 5.56 Å². The van der Waals surface area contributed by atoms with E-state index in [0.29, 0.717) is 23.3 Å². The van der Waals surface area contributed by atoms with Crippen molar-refractivity contribution in [1.29, 1.82) is 5.26 Å². The molecule has 0 aliphatic heterocycles. The number of halogens is 1. The van der Waals surface area contributed by atoms with Crippen LogP contribution in [-0.2, 0) is 0 Å². The Kier molecular flexibility index (Phi) is 3.35. The number of para-hydroxylation sites is 1. The van der Waals surface area contributed by atoms with Crippen molar-refractivity contribution in [2.75, 3.05) is 0 Å². The third-order valence-corrected chi connectivity index (χ3v) is 2.33. The number of aldehydes is 1. The number of carbonyl (C=O) groups excluding carboxylic acids is 1. The Hall–Kier alpha value is -2.67. The Bertz CT molecular complexity index is 632. The SMILES string of the molecule is N#Cc1cc(Oc2ccccc2C=O)ccc1F. The van der Waals surface area contributed by atoms with Crippen LogP contribution in [0.3, 0.4) is 0 Å². The molecule has 18 heavy (non-hydrogen) atoms. The molecule has 0 saturated carbocycles. The van der Waals surface area contributed by atoms with Gasteiger partial charge in [0.15, 0.2) is 6.29 Å². The molecule has 0 amide bonds. The smallest absolute Gasteiger partial charge is 0.153 e. The maximum absolute atomic E-state index is 13.1. The summed E-state index contributed by atoms with van der Waals surface area (Å²) in [5.41, 5.74) is 0.288. The zero-order valence-corrected chi connectivity index (χ0v) is 9.26. The van der Waals surface area contributed by atoms with Gasteiger partial charge in [0.2, 0.25) is 0 Å². The third kappa shape index (κ3) is 2.36. The van der Waals surface area contributed by atoms with Crippen molar-refractivity contribution in [3.63, 3.8) is 0 Å². The zero-order chi connectivity index (χ0) is 13.0. The van der Waals surface area contributed by atoms with Gasteiger partial charge < -0.3 is 4.74 Å². The molecule has 2 aromatic carbocycles. The van der Waals surface area contributed by atoms with Crippen molar-refractivity contribution in [3.05, 3.63) is 59.4 Å². The summed E-state index contributed by atoms with van der Waals surface area (Å²) in [6, 6.07) is 12.2. The molecule has 0 saturated heterocycles. The highest BCUT2D eigenvalue weighted by molar-refractivity contribution is 5.79. The number of ether oxygens (including phenoxy) is 1. The van der Waals surface area contributed by atoms with E-state index >= 15 is 0 Å². The Labute approximate surface area is 103 Å². The predicted molar refractivity (Wildman–Crippen MR) is 63.0 cm³/mol. The van der Waals surface area contributed by atoms with Gasteiger partial charge in [-0.25, -0.2) is 4.39 Å². The van der Waals surface area contributed by atoms with Crippen LogP contribution in [0.5, 0.6) is 11.5 Å². The Morgan fingerprint density at radius 1 is 1.22 bits per heavy atom. The number of nitriles is 1. The summed E-state index contributed by atoms with van der Waals surface area (Å²) >= 11 is 0. The van der Waals surface area contributed by atoms with Crippen molar-refractivity contribution >= 4 is 6.29 Å². The standard InChI is InChI=1S/C14H8FNO2/c15-13-6-5-12(7-11(13)8-16)18-14-4-2-1-3-10(14)9-17/h1-7,9H. The average molecular weight is 241 g/mol. The lowest BCUT2D eigenvalue weighted by Crippen LogP contribution is -1.91. The molecular formula is C14H8FNO2. The van der Waals surface area contributed by atoms with Gasteiger partial charge in [0.05, 0.1) is 11.1 Å². The van der Waals surface area contributed by atoms with Crippen molar-refractivity contribution < 1.29 is 13.9 Å². The van der Waals surface area contributed by atoms with E-state index in [1.54, 1.807) is 30.3 Å². The molecule has 0 N–H and O–H groups in total. The van der Waals surface area contributed by atoms with E-state index in [2.05, 4.69) is 0 Å². The molecule has 4 heteroatoms. The van der Waals surface area contributed by atoms with E-state index in [4.69, 9.17) is 10.00 Å². The first-order chi connectivity index (χ1) is 8.74. The normalized spacial score (nSPS) is 9.56. The fourth-order valence-corrected chi connectivity index (χ4v) is 1.45. The summed E-state index contributed by atoms with van der Waals surface area (Å²) in [4.78, 5) is 10.8. The lowest BCUT2D eigenvalue weighted by Gasteiger charge is -2.07. The summed E-state index contributed by atoms with van der Waals surface area (Å²) in [6.07, 6.45) is 0.671. The molecule has 0 aliphatic carbocycles. The van der Waals surface area contributed by atoms with Gasteiger partial charge in [0.25, 0.3) is 0 Å². The van der Waals surface area contributed by atoms with E-state index in [1.165, 1.54) is 12.1 Å². The molecular weight excluding hydrogens is 233 g/mol.